The van der Waals surface area contributed by atoms with Crippen molar-refractivity contribution in [3.05, 3.63) is 41.5 Å². The maximum atomic E-state index is 12.7. The van der Waals surface area contributed by atoms with Crippen LogP contribution in [0.2, 0.25) is 0 Å². The lowest BCUT2D eigenvalue weighted by molar-refractivity contribution is -0.137. The third-order valence-electron chi connectivity index (χ3n) is 2.60. The van der Waals surface area contributed by atoms with Gasteiger partial charge in [-0.15, -0.1) is 5.10 Å². The van der Waals surface area contributed by atoms with Gasteiger partial charge in [-0.05, 0) is 18.2 Å². The number of aromatic nitrogens is 3. The minimum atomic E-state index is -4.47. The Morgan fingerprint density at radius 1 is 1.40 bits per heavy atom. The van der Waals surface area contributed by atoms with Gasteiger partial charge in [-0.3, -0.25) is 0 Å². The number of hydrogen-bond acceptors (Lipinski definition) is 3. The highest BCUT2D eigenvalue weighted by molar-refractivity contribution is 5.83. The van der Waals surface area contributed by atoms with Crippen LogP contribution in [0.15, 0.2) is 24.3 Å². The molecule has 0 saturated heterocycles. The molecule has 1 aromatic heterocycles. The van der Waals surface area contributed by atoms with Crippen molar-refractivity contribution in [2.45, 2.75) is 19.5 Å². The van der Waals surface area contributed by atoms with E-state index in [1.807, 2.05) is 0 Å². The molecular weight excluding hydrogens is 275 g/mol. The molecule has 106 valence electrons. The lowest BCUT2D eigenvalue weighted by Gasteiger charge is -2.09. The highest BCUT2D eigenvalue weighted by Gasteiger charge is 2.30. The average Bonchev–Trinajstić information content (AvgIpc) is 2.82. The zero-order chi connectivity index (χ0) is 14.9. The molecule has 1 aromatic carbocycles. The largest absolute Gasteiger partial charge is 0.475 e. The molecule has 0 aliphatic carbocycles. The van der Waals surface area contributed by atoms with E-state index in [0.717, 1.165) is 16.8 Å². The summed E-state index contributed by atoms with van der Waals surface area (Å²) in [6.45, 7) is 1.71. The van der Waals surface area contributed by atoms with Gasteiger partial charge in [0.15, 0.2) is 0 Å². The zero-order valence-electron chi connectivity index (χ0n) is 10.3. The van der Waals surface area contributed by atoms with Crippen LogP contribution in [0.5, 0.6) is 0 Å². The molecule has 0 spiro atoms. The summed E-state index contributed by atoms with van der Waals surface area (Å²) in [5, 5.41) is 12.5. The summed E-state index contributed by atoms with van der Waals surface area (Å²) in [6, 6.07) is 4.48. The monoisotopic (exact) mass is 285 g/mol. The molecule has 0 saturated carbocycles. The topological polar surface area (TPSA) is 68.0 Å². The van der Waals surface area contributed by atoms with Crippen LogP contribution < -0.4 is 0 Å². The van der Waals surface area contributed by atoms with Gasteiger partial charge in [0.1, 0.15) is 5.82 Å². The fourth-order valence-corrected chi connectivity index (χ4v) is 1.68. The van der Waals surface area contributed by atoms with Crippen molar-refractivity contribution in [3.8, 4) is 5.69 Å². The molecule has 0 aliphatic rings. The van der Waals surface area contributed by atoms with Gasteiger partial charge < -0.3 is 5.11 Å². The summed E-state index contributed by atoms with van der Waals surface area (Å²) in [4.78, 5) is 14.6. The molecule has 5 nitrogen and oxygen atoms in total. The Morgan fingerprint density at radius 3 is 2.65 bits per heavy atom. The number of aromatic carboxylic acids is 1. The molecule has 1 heterocycles. The van der Waals surface area contributed by atoms with Crippen molar-refractivity contribution in [2.24, 2.45) is 0 Å². The van der Waals surface area contributed by atoms with E-state index in [2.05, 4.69) is 10.1 Å². The smallest absolute Gasteiger partial charge is 0.416 e. The molecule has 0 radical (unpaired) electrons. The van der Waals surface area contributed by atoms with Gasteiger partial charge in [-0.25, -0.2) is 14.5 Å². The van der Waals surface area contributed by atoms with Crippen LogP contribution in [0.25, 0.3) is 5.69 Å². The van der Waals surface area contributed by atoms with Crippen LogP contribution in [-0.2, 0) is 12.6 Å². The van der Waals surface area contributed by atoms with Crippen LogP contribution >= 0.6 is 0 Å². The second kappa shape index (κ2) is 4.95. The molecule has 20 heavy (non-hydrogen) atoms. The van der Waals surface area contributed by atoms with Crippen LogP contribution in [0, 0.1) is 0 Å². The maximum absolute atomic E-state index is 12.7. The number of carboxylic acids is 1. The molecule has 2 aromatic rings. The molecule has 0 unspecified atom stereocenters. The first-order chi connectivity index (χ1) is 9.32. The Labute approximate surface area is 111 Å². The lowest BCUT2D eigenvalue weighted by atomic mass is 10.2. The van der Waals surface area contributed by atoms with Crippen LogP contribution in [-0.4, -0.2) is 25.8 Å². The first-order valence-corrected chi connectivity index (χ1v) is 5.69. The van der Waals surface area contributed by atoms with Crippen LogP contribution in [0.3, 0.4) is 0 Å². The zero-order valence-corrected chi connectivity index (χ0v) is 10.3. The summed E-state index contributed by atoms with van der Waals surface area (Å²) in [7, 11) is 0. The molecule has 0 aliphatic heterocycles. The highest BCUT2D eigenvalue weighted by atomic mass is 19.4. The number of hydrogen-bond donors (Lipinski definition) is 1. The molecular formula is C12H10F3N3O2. The lowest BCUT2D eigenvalue weighted by Crippen LogP contribution is -2.08. The average molecular weight is 285 g/mol. The minimum Gasteiger partial charge on any atom is -0.475 e. The number of rotatable bonds is 3. The Hall–Kier alpha value is -2.38. The van der Waals surface area contributed by atoms with Crippen LogP contribution in [0.4, 0.5) is 13.2 Å². The second-order valence-electron chi connectivity index (χ2n) is 3.97. The molecule has 2 rings (SSSR count). The molecule has 8 heteroatoms. The summed E-state index contributed by atoms with van der Waals surface area (Å²) >= 11 is 0. The number of nitrogens with zero attached hydrogens (tertiary/aromatic N) is 3. The van der Waals surface area contributed by atoms with Crippen molar-refractivity contribution in [1.29, 1.82) is 0 Å². The van der Waals surface area contributed by atoms with Crippen molar-refractivity contribution >= 4 is 5.97 Å². The molecule has 1 N–H and O–H groups in total. The summed E-state index contributed by atoms with van der Waals surface area (Å²) < 4.78 is 39.1. The number of aryl methyl sites for hydroxylation is 1. The second-order valence-corrected chi connectivity index (χ2v) is 3.97. The number of alkyl halides is 3. The van der Waals surface area contributed by atoms with Gasteiger partial charge in [-0.2, -0.15) is 13.2 Å². The van der Waals surface area contributed by atoms with Crippen molar-refractivity contribution in [2.75, 3.05) is 0 Å². The van der Waals surface area contributed by atoms with Crippen molar-refractivity contribution in [1.82, 2.24) is 14.8 Å². The Kier molecular flexibility index (Phi) is 3.47. The van der Waals surface area contributed by atoms with E-state index < -0.39 is 23.5 Å². The third kappa shape index (κ3) is 2.63. The minimum absolute atomic E-state index is 0.122. The maximum Gasteiger partial charge on any atom is 0.416 e. The van der Waals surface area contributed by atoms with Crippen LogP contribution in [0.1, 0.15) is 28.9 Å². The SMILES string of the molecule is CCc1nc(C(=O)O)nn1-c1cccc(C(F)(F)F)c1. The van der Waals surface area contributed by atoms with Crippen molar-refractivity contribution in [3.63, 3.8) is 0 Å². The molecule has 0 amide bonds. The predicted molar refractivity (Wildman–Crippen MR) is 62.7 cm³/mol. The Morgan fingerprint density at radius 2 is 2.10 bits per heavy atom. The van der Waals surface area contributed by atoms with E-state index in [0.29, 0.717) is 6.42 Å². The van der Waals surface area contributed by atoms with Gasteiger partial charge in [-0.1, -0.05) is 13.0 Å². The van der Waals surface area contributed by atoms with E-state index in [4.69, 9.17) is 5.11 Å². The van der Waals surface area contributed by atoms with E-state index in [1.54, 1.807) is 6.92 Å². The summed E-state index contributed by atoms with van der Waals surface area (Å²) in [5.74, 6) is -1.49. The van der Waals surface area contributed by atoms with E-state index in [-0.39, 0.29) is 11.5 Å². The van der Waals surface area contributed by atoms with E-state index in [1.165, 1.54) is 12.1 Å². The Balaban J connectivity index is 2.54. The first kappa shape index (κ1) is 14.0. The highest BCUT2D eigenvalue weighted by Crippen LogP contribution is 2.30. The predicted octanol–water partition coefficient (Wildman–Crippen LogP) is 2.55. The number of benzene rings is 1. The summed E-state index contributed by atoms with van der Waals surface area (Å²) in [6.07, 6.45) is -4.13. The fraction of sp³-hybridized carbons (Fsp3) is 0.250. The normalized spacial score (nSPS) is 11.6. The summed E-state index contributed by atoms with van der Waals surface area (Å²) in [5.41, 5.74) is -0.707. The van der Waals surface area contributed by atoms with Gasteiger partial charge >= 0.3 is 12.1 Å². The van der Waals surface area contributed by atoms with E-state index in [9.17, 15) is 18.0 Å². The van der Waals surface area contributed by atoms with Gasteiger partial charge in [0, 0.05) is 6.42 Å². The van der Waals surface area contributed by atoms with Crippen molar-refractivity contribution < 1.29 is 23.1 Å². The Bertz CT molecular complexity index is 650. The van der Waals surface area contributed by atoms with E-state index >= 15 is 0 Å². The number of carbonyl (C=O) groups is 1. The number of carboxylic acid groups (broad SMARTS) is 1. The number of halogens is 3. The van der Waals surface area contributed by atoms with Gasteiger partial charge in [0.05, 0.1) is 11.3 Å². The molecule has 0 atom stereocenters. The fourth-order valence-electron chi connectivity index (χ4n) is 1.68. The first-order valence-electron chi connectivity index (χ1n) is 5.69. The quantitative estimate of drug-likeness (QED) is 0.941. The third-order valence-corrected chi connectivity index (χ3v) is 2.60. The van der Waals surface area contributed by atoms with Gasteiger partial charge in [0.25, 0.3) is 5.82 Å². The molecule has 0 fully saturated rings. The van der Waals surface area contributed by atoms with Gasteiger partial charge in [0.2, 0.25) is 0 Å². The standard InChI is InChI=1S/C12H10F3N3O2/c1-2-9-16-10(11(19)20)17-18(9)8-5-3-4-7(6-8)12(13,14)15/h3-6H,2H2,1H3,(H,19,20). The molecule has 0 bridgehead atoms.